The maximum Gasteiger partial charge on any atom is 0.315 e. The number of nitrogens with one attached hydrogen (secondary N) is 2. The molecule has 7 nitrogen and oxygen atoms in total. The molecule has 0 spiro atoms. The van der Waals surface area contributed by atoms with Crippen molar-refractivity contribution < 1.29 is 19.4 Å². The molecule has 1 heterocycles. The Morgan fingerprint density at radius 1 is 0.678 bits per heavy atom. The monoisotopic (exact) mass is 806 g/mol. The van der Waals surface area contributed by atoms with Crippen molar-refractivity contribution in [2.24, 2.45) is 17.8 Å². The zero-order valence-electron chi connectivity index (χ0n) is 36.5. The zero-order chi connectivity index (χ0) is 40.9. The standard InChI is InChI=1S/C52H75N3O4/c1-3-5-7-9-11-13-25-55(26-14-12-10-8-6-4-2)37-48-32-49(44-23-21-39(38-56)22-24-44)59-50(58-48)47-20-16-19-46(31-47)45-18-15-17-40(30-45)36-53-51(57)54-52-33-41-27-42(34-52)29-43(28-41)35-52/h15-24,30-31,41-43,48-50,56H,3-14,25-29,32-38H2,1-2H3,(H2,53,54,57)/t41?,42?,43?,48-,49+,50+,52?/m1/s1. The third-order valence-corrected chi connectivity index (χ3v) is 14.0. The minimum Gasteiger partial charge on any atom is -0.392 e. The number of hydrogen-bond donors (Lipinski definition) is 3. The number of carbonyl (C=O) groups excluding carboxylic acids is 1. The second kappa shape index (κ2) is 22.0. The SMILES string of the molecule is CCCCCCCCN(CCCCCCCC)C[C@H]1C[C@@H](c2ccc(CO)cc2)O[C@@H](c2cccc(-c3cccc(CNC(=O)NC45CC6CC(CC(C6)C4)C5)c3)c2)O1. The lowest BCUT2D eigenvalue weighted by Crippen LogP contribution is -2.61. The molecule has 59 heavy (non-hydrogen) atoms. The molecule has 3 aromatic rings. The van der Waals surface area contributed by atoms with Crippen LogP contribution in [0.4, 0.5) is 4.79 Å². The van der Waals surface area contributed by atoms with Gasteiger partial charge in [0.1, 0.15) is 0 Å². The highest BCUT2D eigenvalue weighted by Gasteiger charge is 2.51. The summed E-state index contributed by atoms with van der Waals surface area (Å²) >= 11 is 0. The van der Waals surface area contributed by atoms with Gasteiger partial charge in [0, 0.05) is 30.6 Å². The second-order valence-electron chi connectivity index (χ2n) is 19.0. The van der Waals surface area contributed by atoms with Gasteiger partial charge in [-0.15, -0.1) is 0 Å². The van der Waals surface area contributed by atoms with Crippen molar-refractivity contribution in [3.63, 3.8) is 0 Å². The first-order valence-electron chi connectivity index (χ1n) is 23.9. The smallest absolute Gasteiger partial charge is 0.315 e. The van der Waals surface area contributed by atoms with Crippen molar-refractivity contribution in [1.29, 1.82) is 0 Å². The number of rotatable bonds is 23. The number of urea groups is 1. The Bertz CT molecular complexity index is 1680. The summed E-state index contributed by atoms with van der Waals surface area (Å²) < 4.78 is 13.8. The number of amides is 2. The van der Waals surface area contributed by atoms with Gasteiger partial charge in [-0.25, -0.2) is 4.79 Å². The van der Waals surface area contributed by atoms with E-state index in [4.69, 9.17) is 9.47 Å². The number of benzene rings is 3. The molecule has 8 rings (SSSR count). The molecular formula is C52H75N3O4. The van der Waals surface area contributed by atoms with Gasteiger partial charge in [0.05, 0.1) is 18.8 Å². The van der Waals surface area contributed by atoms with Crippen LogP contribution in [0.2, 0.25) is 0 Å². The number of nitrogens with zero attached hydrogens (tertiary/aromatic N) is 1. The number of aliphatic hydroxyl groups is 1. The van der Waals surface area contributed by atoms with Crippen LogP contribution >= 0.6 is 0 Å². The number of aliphatic hydroxyl groups excluding tert-OH is 1. The molecule has 1 saturated heterocycles. The highest BCUT2D eigenvalue weighted by atomic mass is 16.7. The van der Waals surface area contributed by atoms with Crippen LogP contribution in [-0.4, -0.2) is 47.3 Å². The average Bonchev–Trinajstić information content (AvgIpc) is 3.24. The maximum atomic E-state index is 13.3. The molecule has 3 N–H and O–H groups in total. The lowest BCUT2D eigenvalue weighted by Gasteiger charge is -2.56. The molecule has 2 amide bonds. The fraction of sp³-hybridized carbons (Fsp3) is 0.635. The summed E-state index contributed by atoms with van der Waals surface area (Å²) in [4.78, 5) is 15.9. The van der Waals surface area contributed by atoms with Crippen LogP contribution in [0.25, 0.3) is 11.1 Å². The Morgan fingerprint density at radius 3 is 1.90 bits per heavy atom. The molecule has 3 atom stereocenters. The third kappa shape index (κ3) is 12.7. The molecule has 0 radical (unpaired) electrons. The first-order chi connectivity index (χ1) is 28.9. The largest absolute Gasteiger partial charge is 0.392 e. The van der Waals surface area contributed by atoms with Gasteiger partial charge in [-0.1, -0.05) is 139 Å². The topological polar surface area (TPSA) is 83.1 Å². The first-order valence-corrected chi connectivity index (χ1v) is 23.9. The highest BCUT2D eigenvalue weighted by molar-refractivity contribution is 5.75. The van der Waals surface area contributed by atoms with E-state index in [1.54, 1.807) is 0 Å². The first kappa shape index (κ1) is 43.8. The maximum absolute atomic E-state index is 13.3. The van der Waals surface area contributed by atoms with Crippen molar-refractivity contribution in [1.82, 2.24) is 15.5 Å². The fourth-order valence-electron chi connectivity index (χ4n) is 11.3. The van der Waals surface area contributed by atoms with Crippen molar-refractivity contribution in [3.8, 4) is 11.1 Å². The van der Waals surface area contributed by atoms with Gasteiger partial charge in [0.2, 0.25) is 0 Å². The Hall–Kier alpha value is -3.23. The molecule has 4 aliphatic carbocycles. The predicted octanol–water partition coefficient (Wildman–Crippen LogP) is 12.2. The minimum absolute atomic E-state index is 0.00529. The van der Waals surface area contributed by atoms with Crippen LogP contribution in [-0.2, 0) is 22.6 Å². The van der Waals surface area contributed by atoms with Crippen LogP contribution < -0.4 is 10.6 Å². The van der Waals surface area contributed by atoms with E-state index in [2.05, 4.69) is 90.0 Å². The predicted molar refractivity (Wildman–Crippen MR) is 240 cm³/mol. The van der Waals surface area contributed by atoms with E-state index < -0.39 is 6.29 Å². The molecule has 0 aromatic heterocycles. The quantitative estimate of drug-likeness (QED) is 0.0832. The summed E-state index contributed by atoms with van der Waals surface area (Å²) in [6, 6.07) is 25.4. The van der Waals surface area contributed by atoms with Crippen molar-refractivity contribution in [3.05, 3.63) is 95.1 Å². The zero-order valence-corrected chi connectivity index (χ0v) is 36.5. The number of carbonyl (C=O) groups is 1. The summed E-state index contributed by atoms with van der Waals surface area (Å²) in [5, 5.41) is 16.4. The fourth-order valence-corrected chi connectivity index (χ4v) is 11.3. The van der Waals surface area contributed by atoms with Gasteiger partial charge in [-0.05, 0) is 122 Å². The van der Waals surface area contributed by atoms with Gasteiger partial charge < -0.3 is 30.1 Å². The van der Waals surface area contributed by atoms with Crippen LogP contribution in [0.3, 0.4) is 0 Å². The second-order valence-corrected chi connectivity index (χ2v) is 19.0. The lowest BCUT2D eigenvalue weighted by atomic mass is 9.53. The van der Waals surface area contributed by atoms with Gasteiger partial charge >= 0.3 is 6.03 Å². The molecule has 7 heteroatoms. The van der Waals surface area contributed by atoms with Crippen LogP contribution in [0.1, 0.15) is 170 Å². The van der Waals surface area contributed by atoms with E-state index in [9.17, 15) is 9.90 Å². The third-order valence-electron chi connectivity index (χ3n) is 14.0. The van der Waals surface area contributed by atoms with Crippen molar-refractivity contribution >= 4 is 6.03 Å². The highest BCUT2D eigenvalue weighted by Crippen LogP contribution is 2.55. The van der Waals surface area contributed by atoms with Gasteiger partial charge in [-0.3, -0.25) is 0 Å². The Labute approximate surface area is 356 Å². The summed E-state index contributed by atoms with van der Waals surface area (Å²) in [5.41, 5.74) is 6.36. The Kier molecular flexibility index (Phi) is 16.4. The summed E-state index contributed by atoms with van der Waals surface area (Å²) in [6.45, 7) is 8.24. The molecule has 1 aliphatic heterocycles. The van der Waals surface area contributed by atoms with Crippen molar-refractivity contribution in [2.75, 3.05) is 19.6 Å². The molecule has 4 bridgehead atoms. The summed E-state index contributed by atoms with van der Waals surface area (Å²) in [7, 11) is 0. The number of ether oxygens (including phenoxy) is 2. The number of unbranched alkanes of at least 4 members (excludes halogenated alkanes) is 10. The number of hydrogen-bond acceptors (Lipinski definition) is 5. The Balaban J connectivity index is 1.01. The van der Waals surface area contributed by atoms with Crippen molar-refractivity contribution in [2.45, 2.75) is 173 Å². The van der Waals surface area contributed by atoms with E-state index in [0.29, 0.717) is 6.54 Å². The molecule has 5 aliphatic rings. The lowest BCUT2D eigenvalue weighted by molar-refractivity contribution is -0.253. The molecule has 3 aromatic carbocycles. The average molecular weight is 806 g/mol. The summed E-state index contributed by atoms with van der Waals surface area (Å²) in [6.07, 6.45) is 23.4. The van der Waals surface area contributed by atoms with Gasteiger partial charge in [-0.2, -0.15) is 0 Å². The molecular weight excluding hydrogens is 731 g/mol. The molecule has 4 saturated carbocycles. The van der Waals surface area contributed by atoms with E-state index in [1.807, 2.05) is 12.1 Å². The van der Waals surface area contributed by atoms with Crippen LogP contribution in [0, 0.1) is 17.8 Å². The van der Waals surface area contributed by atoms with Gasteiger partial charge in [0.25, 0.3) is 0 Å². The molecule has 322 valence electrons. The van der Waals surface area contributed by atoms with E-state index in [-0.39, 0.29) is 30.4 Å². The van der Waals surface area contributed by atoms with E-state index in [0.717, 1.165) is 96.5 Å². The Morgan fingerprint density at radius 2 is 1.27 bits per heavy atom. The van der Waals surface area contributed by atoms with E-state index >= 15 is 0 Å². The minimum atomic E-state index is -0.501. The molecule has 5 fully saturated rings. The van der Waals surface area contributed by atoms with E-state index in [1.165, 1.54) is 96.3 Å². The van der Waals surface area contributed by atoms with Crippen LogP contribution in [0.5, 0.6) is 0 Å². The normalized spacial score (nSPS) is 26.0. The molecule has 0 unspecified atom stereocenters. The van der Waals surface area contributed by atoms with Gasteiger partial charge in [0.15, 0.2) is 6.29 Å². The van der Waals surface area contributed by atoms with Crippen LogP contribution in [0.15, 0.2) is 72.8 Å². The summed E-state index contributed by atoms with van der Waals surface area (Å²) in [5.74, 6) is 2.40.